The van der Waals surface area contributed by atoms with Gasteiger partial charge in [-0.3, -0.25) is 9.59 Å². The summed E-state index contributed by atoms with van der Waals surface area (Å²) in [7, 11) is 0. The lowest BCUT2D eigenvalue weighted by atomic mass is 10.0. The number of nitrogens with two attached hydrogens (primary N) is 1. The molecule has 116 valence electrons. The van der Waals surface area contributed by atoms with Crippen molar-refractivity contribution in [2.75, 3.05) is 0 Å². The summed E-state index contributed by atoms with van der Waals surface area (Å²) in [6.07, 6.45) is 0. The van der Waals surface area contributed by atoms with Crippen LogP contribution in [-0.4, -0.2) is 23.0 Å². The van der Waals surface area contributed by atoms with Crippen LogP contribution in [0.3, 0.4) is 0 Å². The molecule has 1 atom stereocenters. The van der Waals surface area contributed by atoms with Crippen LogP contribution in [0.2, 0.25) is 0 Å². The highest BCUT2D eigenvalue weighted by molar-refractivity contribution is 5.86. The van der Waals surface area contributed by atoms with E-state index in [2.05, 4.69) is 15.6 Å². The van der Waals surface area contributed by atoms with E-state index in [-0.39, 0.29) is 23.9 Å². The standard InChI is InChI=1S/C14H22N4O3/c1-7(2)11(18-14(15)21)13(20)16-6-10-8(3)5-9(4)17-12(10)19/h5,7,11H,6H2,1-4H3,(H,16,20)(H,17,19)(H3,15,18,21)/t11-/m0/s1. The number of carbonyl (C=O) groups excluding carboxylic acids is 2. The zero-order chi connectivity index (χ0) is 16.2. The monoisotopic (exact) mass is 294 g/mol. The first-order chi connectivity index (χ1) is 9.72. The molecule has 1 aromatic rings. The Morgan fingerprint density at radius 2 is 1.95 bits per heavy atom. The molecule has 0 radical (unpaired) electrons. The first-order valence-electron chi connectivity index (χ1n) is 6.75. The molecular formula is C14H22N4O3. The van der Waals surface area contributed by atoms with Gasteiger partial charge in [-0.05, 0) is 31.4 Å². The average molecular weight is 294 g/mol. The number of amides is 3. The molecule has 0 saturated carbocycles. The number of nitrogens with one attached hydrogen (secondary N) is 3. The molecule has 0 aromatic carbocycles. The summed E-state index contributed by atoms with van der Waals surface area (Å²) in [4.78, 5) is 37.6. The highest BCUT2D eigenvalue weighted by Gasteiger charge is 2.23. The van der Waals surface area contributed by atoms with Gasteiger partial charge in [0.05, 0.1) is 0 Å². The largest absolute Gasteiger partial charge is 0.352 e. The summed E-state index contributed by atoms with van der Waals surface area (Å²) >= 11 is 0. The maximum atomic E-state index is 12.1. The Balaban J connectivity index is 2.80. The van der Waals surface area contributed by atoms with Crippen LogP contribution in [0.15, 0.2) is 10.9 Å². The Hall–Kier alpha value is -2.31. The van der Waals surface area contributed by atoms with Crippen molar-refractivity contribution in [1.82, 2.24) is 15.6 Å². The highest BCUT2D eigenvalue weighted by Crippen LogP contribution is 2.05. The Morgan fingerprint density at radius 3 is 2.43 bits per heavy atom. The number of primary amides is 1. The third-order valence-electron chi connectivity index (χ3n) is 3.18. The molecule has 1 heterocycles. The first-order valence-corrected chi connectivity index (χ1v) is 6.75. The van der Waals surface area contributed by atoms with E-state index in [1.165, 1.54) is 0 Å². The van der Waals surface area contributed by atoms with Crippen LogP contribution in [0.1, 0.15) is 30.7 Å². The second kappa shape index (κ2) is 6.92. The number of hydrogen-bond acceptors (Lipinski definition) is 3. The molecule has 0 aliphatic carbocycles. The number of pyridine rings is 1. The Bertz CT molecular complexity index is 592. The van der Waals surface area contributed by atoms with Gasteiger partial charge in [-0.1, -0.05) is 13.8 Å². The molecule has 3 amide bonds. The van der Waals surface area contributed by atoms with Gasteiger partial charge in [-0.2, -0.15) is 0 Å². The fourth-order valence-corrected chi connectivity index (χ4v) is 2.07. The number of H-pyrrole nitrogens is 1. The van der Waals surface area contributed by atoms with Gasteiger partial charge in [0.2, 0.25) is 5.91 Å². The van der Waals surface area contributed by atoms with Crippen LogP contribution in [-0.2, 0) is 11.3 Å². The lowest BCUT2D eigenvalue weighted by Gasteiger charge is -2.20. The van der Waals surface area contributed by atoms with Crippen LogP contribution >= 0.6 is 0 Å². The number of aromatic amines is 1. The smallest absolute Gasteiger partial charge is 0.312 e. The molecule has 0 fully saturated rings. The van der Waals surface area contributed by atoms with Crippen LogP contribution < -0.4 is 21.9 Å². The molecule has 0 unspecified atom stereocenters. The minimum atomic E-state index is -0.756. The predicted molar refractivity (Wildman–Crippen MR) is 79.7 cm³/mol. The molecule has 0 bridgehead atoms. The van der Waals surface area contributed by atoms with Gasteiger partial charge in [0.15, 0.2) is 0 Å². The third kappa shape index (κ3) is 4.62. The van der Waals surface area contributed by atoms with Crippen molar-refractivity contribution in [2.24, 2.45) is 11.7 Å². The summed E-state index contributed by atoms with van der Waals surface area (Å²) in [6, 6.07) is 0.352. The van der Waals surface area contributed by atoms with Crippen LogP contribution in [0.5, 0.6) is 0 Å². The first kappa shape index (κ1) is 16.7. The maximum absolute atomic E-state index is 12.1. The van der Waals surface area contributed by atoms with Crippen LogP contribution in [0.25, 0.3) is 0 Å². The van der Waals surface area contributed by atoms with Crippen molar-refractivity contribution < 1.29 is 9.59 Å². The van der Waals surface area contributed by atoms with Crippen molar-refractivity contribution in [3.63, 3.8) is 0 Å². The molecule has 7 nitrogen and oxygen atoms in total. The third-order valence-corrected chi connectivity index (χ3v) is 3.18. The number of carbonyl (C=O) groups is 2. The molecule has 0 aliphatic rings. The molecule has 21 heavy (non-hydrogen) atoms. The van der Waals surface area contributed by atoms with E-state index in [1.54, 1.807) is 20.8 Å². The van der Waals surface area contributed by atoms with Crippen molar-refractivity contribution >= 4 is 11.9 Å². The van der Waals surface area contributed by atoms with Crippen LogP contribution in [0, 0.1) is 19.8 Å². The zero-order valence-electron chi connectivity index (χ0n) is 12.7. The zero-order valence-corrected chi connectivity index (χ0v) is 12.7. The molecule has 1 aromatic heterocycles. The number of aryl methyl sites for hydroxylation is 2. The molecule has 7 heteroatoms. The second-order valence-electron chi connectivity index (χ2n) is 5.39. The number of aromatic nitrogens is 1. The average Bonchev–Trinajstić information content (AvgIpc) is 2.33. The number of rotatable bonds is 5. The normalized spacial score (nSPS) is 12.0. The molecule has 5 N–H and O–H groups in total. The Morgan fingerprint density at radius 1 is 1.33 bits per heavy atom. The van der Waals surface area contributed by atoms with E-state index in [4.69, 9.17) is 5.73 Å². The van der Waals surface area contributed by atoms with Crippen molar-refractivity contribution in [3.05, 3.63) is 33.2 Å². The fraction of sp³-hybridized carbons (Fsp3) is 0.500. The van der Waals surface area contributed by atoms with Gasteiger partial charge >= 0.3 is 6.03 Å². The summed E-state index contributed by atoms with van der Waals surface area (Å²) in [5.74, 6) is -0.488. The molecular weight excluding hydrogens is 272 g/mol. The summed E-state index contributed by atoms with van der Waals surface area (Å²) in [6.45, 7) is 7.30. The van der Waals surface area contributed by atoms with Gasteiger partial charge in [0.25, 0.3) is 5.56 Å². The molecule has 0 saturated heterocycles. The summed E-state index contributed by atoms with van der Waals surface area (Å²) in [5, 5.41) is 5.05. The van der Waals surface area contributed by atoms with E-state index in [0.29, 0.717) is 5.56 Å². The minimum absolute atomic E-state index is 0.101. The SMILES string of the molecule is Cc1cc(C)c(CNC(=O)[C@@H](NC(N)=O)C(C)C)c(=O)[nH]1. The van der Waals surface area contributed by atoms with Gasteiger partial charge in [0.1, 0.15) is 6.04 Å². The Kier molecular flexibility index (Phi) is 5.52. The van der Waals surface area contributed by atoms with Gasteiger partial charge < -0.3 is 21.4 Å². The minimum Gasteiger partial charge on any atom is -0.352 e. The highest BCUT2D eigenvalue weighted by atomic mass is 16.2. The predicted octanol–water partition coefficient (Wildman–Crippen LogP) is 0.301. The van der Waals surface area contributed by atoms with E-state index in [9.17, 15) is 14.4 Å². The van der Waals surface area contributed by atoms with Crippen molar-refractivity contribution in [2.45, 2.75) is 40.3 Å². The van der Waals surface area contributed by atoms with E-state index >= 15 is 0 Å². The van der Waals surface area contributed by atoms with E-state index in [1.807, 2.05) is 13.0 Å². The van der Waals surface area contributed by atoms with Gasteiger partial charge in [-0.25, -0.2) is 4.79 Å². The fourth-order valence-electron chi connectivity index (χ4n) is 2.07. The lowest BCUT2D eigenvalue weighted by molar-refractivity contribution is -0.124. The van der Waals surface area contributed by atoms with Gasteiger partial charge in [0, 0.05) is 17.8 Å². The molecule has 1 rings (SSSR count). The molecule has 0 aliphatic heterocycles. The quantitative estimate of drug-likeness (QED) is 0.625. The molecule has 0 spiro atoms. The van der Waals surface area contributed by atoms with Gasteiger partial charge in [-0.15, -0.1) is 0 Å². The second-order valence-corrected chi connectivity index (χ2v) is 5.39. The van der Waals surface area contributed by atoms with E-state index in [0.717, 1.165) is 11.3 Å². The van der Waals surface area contributed by atoms with Crippen LogP contribution in [0.4, 0.5) is 4.79 Å². The van der Waals surface area contributed by atoms with Crippen molar-refractivity contribution in [3.8, 4) is 0 Å². The number of urea groups is 1. The Labute approximate surface area is 123 Å². The maximum Gasteiger partial charge on any atom is 0.312 e. The van der Waals surface area contributed by atoms with E-state index < -0.39 is 12.1 Å². The summed E-state index contributed by atoms with van der Waals surface area (Å²) in [5.41, 5.74) is 6.90. The number of hydrogen-bond donors (Lipinski definition) is 4. The lowest BCUT2D eigenvalue weighted by Crippen LogP contribution is -2.51. The summed E-state index contributed by atoms with van der Waals surface area (Å²) < 4.78 is 0. The topological polar surface area (TPSA) is 117 Å². The van der Waals surface area contributed by atoms with Crippen molar-refractivity contribution in [1.29, 1.82) is 0 Å².